The molecule has 0 atom stereocenters. The molecular formula is C17H42N2O6S. The summed E-state index contributed by atoms with van der Waals surface area (Å²) in [6, 6.07) is 0. The molecule has 9 heteroatoms. The molecule has 0 aromatic heterocycles. The fourth-order valence-electron chi connectivity index (χ4n) is 1.93. The zero-order valence-corrected chi connectivity index (χ0v) is 17.3. The third kappa shape index (κ3) is 43.8. The lowest BCUT2D eigenvalue weighted by Crippen LogP contribution is -2.04. The minimum Gasteiger partial charge on any atom is -0.395 e. The molecule has 0 aromatic carbocycles. The second-order valence-corrected chi connectivity index (χ2v) is 6.90. The van der Waals surface area contributed by atoms with E-state index >= 15 is 0 Å². The molecule has 0 rings (SSSR count). The molecule has 0 aromatic rings. The van der Waals surface area contributed by atoms with E-state index in [9.17, 15) is 8.42 Å². The van der Waals surface area contributed by atoms with Gasteiger partial charge in [0, 0.05) is 13.1 Å². The van der Waals surface area contributed by atoms with Crippen molar-refractivity contribution < 1.29 is 27.4 Å². The summed E-state index contributed by atoms with van der Waals surface area (Å²) in [6.07, 6.45) is 13.3. The molecule has 8 nitrogen and oxygen atoms in total. The largest absolute Gasteiger partial charge is 0.397 e. The lowest BCUT2D eigenvalue weighted by Gasteiger charge is -2.02. The molecule has 0 fully saturated rings. The average Bonchev–Trinajstić information content (AvgIpc) is 2.62. The van der Waals surface area contributed by atoms with Gasteiger partial charge in [0.25, 0.3) is 0 Å². The Morgan fingerprint density at radius 3 is 1.31 bits per heavy atom. The standard InChI is InChI=1S/C13H28O4S.2C2H7NO/c1-2-3-4-5-6-7-8-9-10-11-12-13-17-18(14,15)16;2*3-1-2-4/h2-13H2,1H3,(H,14,15,16);2*4H,1-3H2. The van der Waals surface area contributed by atoms with Crippen molar-refractivity contribution in [1.29, 1.82) is 0 Å². The zero-order chi connectivity index (χ0) is 20.5. The Morgan fingerprint density at radius 1 is 0.731 bits per heavy atom. The molecule has 26 heavy (non-hydrogen) atoms. The van der Waals surface area contributed by atoms with Gasteiger partial charge in [-0.2, -0.15) is 8.42 Å². The third-order valence-corrected chi connectivity index (χ3v) is 3.70. The van der Waals surface area contributed by atoms with Crippen LogP contribution in [-0.4, -0.2) is 56.1 Å². The van der Waals surface area contributed by atoms with Gasteiger partial charge < -0.3 is 21.7 Å². The summed E-state index contributed by atoms with van der Waals surface area (Å²) in [4.78, 5) is 0. The fourth-order valence-corrected chi connectivity index (χ4v) is 2.26. The Bertz CT molecular complexity index is 321. The van der Waals surface area contributed by atoms with Gasteiger partial charge >= 0.3 is 10.4 Å². The average molecular weight is 403 g/mol. The van der Waals surface area contributed by atoms with Crippen molar-refractivity contribution in [3.05, 3.63) is 0 Å². The molecule has 162 valence electrons. The first-order valence-corrected chi connectivity index (χ1v) is 11.0. The fraction of sp³-hybridized carbons (Fsp3) is 1.00. The quantitative estimate of drug-likeness (QED) is 0.206. The molecule has 0 radical (unpaired) electrons. The maximum Gasteiger partial charge on any atom is 0.397 e. The first kappa shape index (κ1) is 30.4. The van der Waals surface area contributed by atoms with Crippen LogP contribution in [0.1, 0.15) is 77.6 Å². The van der Waals surface area contributed by atoms with E-state index in [1.54, 1.807) is 0 Å². The van der Waals surface area contributed by atoms with Crippen molar-refractivity contribution in [2.45, 2.75) is 77.6 Å². The van der Waals surface area contributed by atoms with Gasteiger partial charge in [0.2, 0.25) is 0 Å². The van der Waals surface area contributed by atoms with Crippen LogP contribution in [-0.2, 0) is 14.6 Å². The molecule has 0 bridgehead atoms. The smallest absolute Gasteiger partial charge is 0.395 e. The molecule has 0 heterocycles. The monoisotopic (exact) mass is 402 g/mol. The highest BCUT2D eigenvalue weighted by molar-refractivity contribution is 7.80. The Labute approximate surface area is 160 Å². The van der Waals surface area contributed by atoms with Crippen LogP contribution >= 0.6 is 0 Å². The molecular weight excluding hydrogens is 360 g/mol. The first-order chi connectivity index (χ1) is 12.4. The highest BCUT2D eigenvalue weighted by Crippen LogP contribution is 2.11. The molecule has 0 aliphatic heterocycles. The van der Waals surface area contributed by atoms with E-state index in [1.807, 2.05) is 0 Å². The molecule has 0 unspecified atom stereocenters. The predicted octanol–water partition coefficient (Wildman–Crippen LogP) is 1.99. The second-order valence-electron chi connectivity index (χ2n) is 5.81. The number of hydrogen-bond acceptors (Lipinski definition) is 7. The van der Waals surface area contributed by atoms with Gasteiger partial charge in [0.1, 0.15) is 0 Å². The van der Waals surface area contributed by atoms with Crippen LogP contribution in [0.5, 0.6) is 0 Å². The Morgan fingerprint density at radius 2 is 1.04 bits per heavy atom. The summed E-state index contributed by atoms with van der Waals surface area (Å²) in [5, 5.41) is 15.5. The van der Waals surface area contributed by atoms with E-state index in [2.05, 4.69) is 11.1 Å². The molecule has 0 spiro atoms. The van der Waals surface area contributed by atoms with Crippen LogP contribution in [0.15, 0.2) is 0 Å². The third-order valence-electron chi connectivity index (χ3n) is 3.24. The minimum absolute atomic E-state index is 0.0931. The predicted molar refractivity (Wildman–Crippen MR) is 106 cm³/mol. The highest BCUT2D eigenvalue weighted by atomic mass is 32.3. The Balaban J connectivity index is -0.000000551. The number of nitrogens with two attached hydrogens (primary N) is 2. The summed E-state index contributed by atoms with van der Waals surface area (Å²) in [7, 11) is -4.24. The van der Waals surface area contributed by atoms with Gasteiger partial charge in [0.15, 0.2) is 0 Å². The highest BCUT2D eigenvalue weighted by Gasteiger charge is 2.02. The molecule has 0 saturated carbocycles. The SMILES string of the molecule is CCCCCCCCCCCCCOS(=O)(=O)O.NCCO.NCCO. The minimum atomic E-state index is -4.24. The van der Waals surface area contributed by atoms with Crippen molar-refractivity contribution in [2.75, 3.05) is 32.9 Å². The van der Waals surface area contributed by atoms with Crippen molar-refractivity contribution in [3.8, 4) is 0 Å². The van der Waals surface area contributed by atoms with Crippen LogP contribution in [0.4, 0.5) is 0 Å². The lowest BCUT2D eigenvalue weighted by atomic mass is 10.1. The number of aliphatic hydroxyl groups is 2. The number of aliphatic hydroxyl groups excluding tert-OH is 2. The van der Waals surface area contributed by atoms with Crippen LogP contribution in [0.3, 0.4) is 0 Å². The van der Waals surface area contributed by atoms with Gasteiger partial charge in [-0.1, -0.05) is 71.1 Å². The van der Waals surface area contributed by atoms with E-state index in [4.69, 9.17) is 26.2 Å². The summed E-state index contributed by atoms with van der Waals surface area (Å²) < 4.78 is 33.1. The molecule has 0 aliphatic carbocycles. The van der Waals surface area contributed by atoms with E-state index in [1.165, 1.54) is 51.4 Å². The molecule has 0 saturated heterocycles. The van der Waals surface area contributed by atoms with Crippen molar-refractivity contribution in [2.24, 2.45) is 11.5 Å². The van der Waals surface area contributed by atoms with Gasteiger partial charge in [-0.05, 0) is 6.42 Å². The van der Waals surface area contributed by atoms with Crippen LogP contribution in [0.2, 0.25) is 0 Å². The Kier molecular flexibility index (Phi) is 31.5. The van der Waals surface area contributed by atoms with Crippen molar-refractivity contribution in [3.63, 3.8) is 0 Å². The molecule has 7 N–H and O–H groups in total. The maximum atomic E-state index is 10.2. The zero-order valence-electron chi connectivity index (χ0n) is 16.4. The summed E-state index contributed by atoms with van der Waals surface area (Å²) in [5.74, 6) is 0. The Hall–Kier alpha value is -0.290. The van der Waals surface area contributed by atoms with E-state index < -0.39 is 10.4 Å². The summed E-state index contributed by atoms with van der Waals surface area (Å²) >= 11 is 0. The second kappa shape index (κ2) is 26.9. The number of hydrogen-bond donors (Lipinski definition) is 5. The maximum absolute atomic E-state index is 10.2. The van der Waals surface area contributed by atoms with E-state index in [0.717, 1.165) is 12.8 Å². The molecule has 0 aliphatic rings. The van der Waals surface area contributed by atoms with Gasteiger partial charge in [0.05, 0.1) is 19.8 Å². The summed E-state index contributed by atoms with van der Waals surface area (Å²) in [5.41, 5.74) is 9.56. The summed E-state index contributed by atoms with van der Waals surface area (Å²) in [6.45, 7) is 3.27. The van der Waals surface area contributed by atoms with Gasteiger partial charge in [-0.15, -0.1) is 0 Å². The first-order valence-electron chi connectivity index (χ1n) is 9.63. The van der Waals surface area contributed by atoms with Crippen molar-refractivity contribution in [1.82, 2.24) is 0 Å². The van der Waals surface area contributed by atoms with Crippen LogP contribution in [0.25, 0.3) is 0 Å². The van der Waals surface area contributed by atoms with Crippen LogP contribution < -0.4 is 11.5 Å². The van der Waals surface area contributed by atoms with E-state index in [-0.39, 0.29) is 19.8 Å². The van der Waals surface area contributed by atoms with Gasteiger partial charge in [-0.3, -0.25) is 4.55 Å². The van der Waals surface area contributed by atoms with Crippen molar-refractivity contribution >= 4 is 10.4 Å². The lowest BCUT2D eigenvalue weighted by molar-refractivity contribution is 0.261. The number of unbranched alkanes of at least 4 members (excludes halogenated alkanes) is 10. The molecule has 0 amide bonds. The van der Waals surface area contributed by atoms with Crippen LogP contribution in [0, 0.1) is 0 Å². The number of rotatable bonds is 15. The van der Waals surface area contributed by atoms with E-state index in [0.29, 0.717) is 19.5 Å². The van der Waals surface area contributed by atoms with Gasteiger partial charge in [-0.25, -0.2) is 4.18 Å². The normalized spacial score (nSPS) is 10.5. The topological polar surface area (TPSA) is 156 Å².